The molecule has 0 bridgehead atoms. The lowest BCUT2D eigenvalue weighted by Crippen LogP contribution is -2.49. The fourth-order valence-corrected chi connectivity index (χ4v) is 2.74. The van der Waals surface area contributed by atoms with Gasteiger partial charge in [-0.2, -0.15) is 0 Å². The van der Waals surface area contributed by atoms with Gasteiger partial charge in [0.25, 0.3) is 11.8 Å². The molecule has 0 saturated heterocycles. The van der Waals surface area contributed by atoms with E-state index in [-0.39, 0.29) is 28.1 Å². The minimum absolute atomic E-state index is 0.0409. The lowest BCUT2D eigenvalue weighted by molar-refractivity contribution is -0.142. The molecule has 0 heterocycles. The molecule has 0 spiro atoms. The molecule has 1 atom stereocenters. The maximum Gasteiger partial charge on any atom is 0.330 e. The summed E-state index contributed by atoms with van der Waals surface area (Å²) in [5.74, 6) is -1.75. The highest BCUT2D eigenvalue weighted by Crippen LogP contribution is 2.24. The molecule has 2 rings (SSSR count). The highest BCUT2D eigenvalue weighted by atomic mass is 35.5. The van der Waals surface area contributed by atoms with Crippen LogP contribution in [0.15, 0.2) is 48.5 Å². The Morgan fingerprint density at radius 1 is 0.962 bits per heavy atom. The molecule has 0 aliphatic carbocycles. The van der Waals surface area contributed by atoms with Gasteiger partial charge in [0.1, 0.15) is 6.04 Å². The molecule has 0 aliphatic heterocycles. The number of amides is 2. The van der Waals surface area contributed by atoms with Gasteiger partial charge >= 0.3 is 5.97 Å². The highest BCUT2D eigenvalue weighted by molar-refractivity contribution is 6.39. The van der Waals surface area contributed by atoms with Crippen LogP contribution in [0, 0.1) is 0 Å². The van der Waals surface area contributed by atoms with Crippen LogP contribution in [0.25, 0.3) is 0 Å². The Morgan fingerprint density at radius 3 is 2.15 bits per heavy atom. The normalized spacial score (nSPS) is 11.3. The van der Waals surface area contributed by atoms with Crippen molar-refractivity contribution < 1.29 is 19.1 Å². The summed E-state index contributed by atoms with van der Waals surface area (Å²) in [5, 5.41) is 5.35. The van der Waals surface area contributed by atoms with Gasteiger partial charge in [-0.25, -0.2) is 4.79 Å². The zero-order valence-corrected chi connectivity index (χ0v) is 15.3. The fraction of sp³-hybridized carbons (Fsp3) is 0.167. The van der Waals surface area contributed by atoms with Gasteiger partial charge in [0.15, 0.2) is 0 Å². The fourth-order valence-electron chi connectivity index (χ4n) is 2.17. The third kappa shape index (κ3) is 4.97. The Kier molecular flexibility index (Phi) is 7.00. The number of carbonyl (C=O) groups is 3. The lowest BCUT2D eigenvalue weighted by Gasteiger charge is -2.18. The summed E-state index contributed by atoms with van der Waals surface area (Å²) in [6.45, 7) is -0.159. The van der Waals surface area contributed by atoms with Crippen LogP contribution in [0.4, 0.5) is 0 Å². The van der Waals surface area contributed by atoms with Gasteiger partial charge in [-0.15, -0.1) is 0 Å². The average Bonchev–Trinajstić information content (AvgIpc) is 2.64. The van der Waals surface area contributed by atoms with Gasteiger partial charge < -0.3 is 15.4 Å². The Balaban J connectivity index is 2.09. The summed E-state index contributed by atoms with van der Waals surface area (Å²) in [6, 6.07) is 12.0. The Labute approximate surface area is 160 Å². The predicted molar refractivity (Wildman–Crippen MR) is 98.5 cm³/mol. The summed E-state index contributed by atoms with van der Waals surface area (Å²) in [6.07, 6.45) is 0. The van der Waals surface area contributed by atoms with Gasteiger partial charge in [-0.3, -0.25) is 9.59 Å². The molecule has 0 saturated carbocycles. The number of hydrogen-bond donors (Lipinski definition) is 2. The van der Waals surface area contributed by atoms with Crippen molar-refractivity contribution in [3.05, 3.63) is 69.7 Å². The number of halogens is 2. The Bertz CT molecular complexity index is 792. The second-order valence-corrected chi connectivity index (χ2v) is 6.04. The van der Waals surface area contributed by atoms with Crippen molar-refractivity contribution in [1.29, 1.82) is 0 Å². The maximum atomic E-state index is 12.4. The summed E-state index contributed by atoms with van der Waals surface area (Å²) in [7, 11) is 1.18. The van der Waals surface area contributed by atoms with E-state index in [1.165, 1.54) is 19.2 Å². The standard InChI is InChI=1S/C18H16Cl2N2O4/c1-26-18(25)14(10-21-16(23)11-6-3-2-4-7-11)22-17(24)15-12(19)8-5-9-13(15)20/h2-9,14H,10H2,1H3,(H,21,23)(H,22,24). The first-order valence-electron chi connectivity index (χ1n) is 7.60. The van der Waals surface area contributed by atoms with Crippen molar-refractivity contribution >= 4 is 41.0 Å². The molecule has 6 nitrogen and oxygen atoms in total. The Hall–Kier alpha value is -2.57. The van der Waals surface area contributed by atoms with Gasteiger partial charge in [0, 0.05) is 12.1 Å². The molecule has 0 aliphatic rings. The van der Waals surface area contributed by atoms with Crippen molar-refractivity contribution in [1.82, 2.24) is 10.6 Å². The van der Waals surface area contributed by atoms with Crippen molar-refractivity contribution in [3.8, 4) is 0 Å². The number of rotatable bonds is 6. The number of ether oxygens (including phenoxy) is 1. The zero-order chi connectivity index (χ0) is 19.1. The van der Waals surface area contributed by atoms with E-state index in [1.807, 2.05) is 0 Å². The van der Waals surface area contributed by atoms with E-state index in [2.05, 4.69) is 15.4 Å². The number of esters is 1. The predicted octanol–water partition coefficient (Wildman–Crippen LogP) is 2.69. The molecule has 136 valence electrons. The van der Waals surface area contributed by atoms with Crippen molar-refractivity contribution in [3.63, 3.8) is 0 Å². The SMILES string of the molecule is COC(=O)C(CNC(=O)c1ccccc1)NC(=O)c1c(Cl)cccc1Cl. The smallest absolute Gasteiger partial charge is 0.330 e. The average molecular weight is 395 g/mol. The van der Waals surface area contributed by atoms with Crippen molar-refractivity contribution in [2.75, 3.05) is 13.7 Å². The van der Waals surface area contributed by atoms with E-state index in [4.69, 9.17) is 23.2 Å². The van der Waals surface area contributed by atoms with Gasteiger partial charge in [0.05, 0.1) is 22.7 Å². The lowest BCUT2D eigenvalue weighted by atomic mass is 10.1. The Morgan fingerprint density at radius 2 is 1.58 bits per heavy atom. The number of nitrogens with one attached hydrogen (secondary N) is 2. The number of carbonyl (C=O) groups excluding carboxylic acids is 3. The van der Waals surface area contributed by atoms with Crippen LogP contribution >= 0.6 is 23.2 Å². The zero-order valence-electron chi connectivity index (χ0n) is 13.8. The number of hydrogen-bond acceptors (Lipinski definition) is 4. The van der Waals surface area contributed by atoms with E-state index in [0.717, 1.165) is 0 Å². The minimum atomic E-state index is -1.10. The van der Waals surface area contributed by atoms with E-state index < -0.39 is 17.9 Å². The third-order valence-electron chi connectivity index (χ3n) is 3.48. The molecule has 2 amide bonds. The van der Waals surface area contributed by atoms with E-state index in [0.29, 0.717) is 5.56 Å². The first-order chi connectivity index (χ1) is 12.4. The highest BCUT2D eigenvalue weighted by Gasteiger charge is 2.25. The molecule has 0 fully saturated rings. The largest absolute Gasteiger partial charge is 0.467 e. The summed E-state index contributed by atoms with van der Waals surface area (Å²) in [5.41, 5.74) is 0.468. The molecule has 0 aromatic heterocycles. The quantitative estimate of drug-likeness (QED) is 0.737. The maximum absolute atomic E-state index is 12.4. The minimum Gasteiger partial charge on any atom is -0.467 e. The van der Waals surface area contributed by atoms with Crippen molar-refractivity contribution in [2.24, 2.45) is 0 Å². The molecular formula is C18H16Cl2N2O4. The van der Waals surface area contributed by atoms with Crippen LogP contribution in [0.2, 0.25) is 10.0 Å². The summed E-state index contributed by atoms with van der Waals surface area (Å²) in [4.78, 5) is 36.5. The van der Waals surface area contributed by atoms with Gasteiger partial charge in [0.2, 0.25) is 0 Å². The first-order valence-corrected chi connectivity index (χ1v) is 8.35. The third-order valence-corrected chi connectivity index (χ3v) is 4.11. The first kappa shape index (κ1) is 19.8. The van der Waals surface area contributed by atoms with E-state index in [9.17, 15) is 14.4 Å². The molecule has 2 N–H and O–H groups in total. The second kappa shape index (κ2) is 9.22. The molecule has 2 aromatic carbocycles. The molecule has 2 aromatic rings. The van der Waals surface area contributed by atoms with Crippen LogP contribution < -0.4 is 10.6 Å². The topological polar surface area (TPSA) is 84.5 Å². The number of methoxy groups -OCH3 is 1. The monoisotopic (exact) mass is 394 g/mol. The summed E-state index contributed by atoms with van der Waals surface area (Å²) < 4.78 is 4.68. The summed E-state index contributed by atoms with van der Waals surface area (Å²) >= 11 is 12.0. The molecule has 26 heavy (non-hydrogen) atoms. The van der Waals surface area contributed by atoms with Crippen LogP contribution in [0.1, 0.15) is 20.7 Å². The molecular weight excluding hydrogens is 379 g/mol. The van der Waals surface area contributed by atoms with Crippen molar-refractivity contribution in [2.45, 2.75) is 6.04 Å². The van der Waals surface area contributed by atoms with Gasteiger partial charge in [-0.05, 0) is 24.3 Å². The van der Waals surface area contributed by atoms with Crippen LogP contribution in [0.3, 0.4) is 0 Å². The number of benzene rings is 2. The van der Waals surface area contributed by atoms with E-state index >= 15 is 0 Å². The molecule has 1 unspecified atom stereocenters. The van der Waals surface area contributed by atoms with E-state index in [1.54, 1.807) is 36.4 Å². The van der Waals surface area contributed by atoms with Crippen LogP contribution in [0.5, 0.6) is 0 Å². The van der Waals surface area contributed by atoms with Gasteiger partial charge in [-0.1, -0.05) is 47.5 Å². The second-order valence-electron chi connectivity index (χ2n) is 5.22. The van der Waals surface area contributed by atoms with Crippen LogP contribution in [-0.4, -0.2) is 37.5 Å². The molecule has 8 heteroatoms. The van der Waals surface area contributed by atoms with Crippen LogP contribution in [-0.2, 0) is 9.53 Å². The molecule has 0 radical (unpaired) electrons.